The first-order valence-corrected chi connectivity index (χ1v) is 5.33. The summed E-state index contributed by atoms with van der Waals surface area (Å²) in [6.45, 7) is -0.302. The van der Waals surface area contributed by atoms with Gasteiger partial charge >= 0.3 is 6.18 Å². The van der Waals surface area contributed by atoms with E-state index in [-0.39, 0.29) is 13.0 Å². The van der Waals surface area contributed by atoms with Crippen molar-refractivity contribution in [1.29, 1.82) is 5.26 Å². The van der Waals surface area contributed by atoms with Crippen LogP contribution in [0.1, 0.15) is 12.8 Å². The summed E-state index contributed by atoms with van der Waals surface area (Å²) < 4.78 is 58.1. The first-order chi connectivity index (χ1) is 6.27. The molecule has 0 unspecified atom stereocenters. The van der Waals surface area contributed by atoms with Crippen LogP contribution in [0.3, 0.4) is 0 Å². The van der Waals surface area contributed by atoms with E-state index in [4.69, 9.17) is 5.26 Å². The highest BCUT2D eigenvalue weighted by Crippen LogP contribution is 2.20. The molecule has 0 aliphatic carbocycles. The van der Waals surface area contributed by atoms with Crippen molar-refractivity contribution in [3.63, 3.8) is 0 Å². The molecule has 1 N–H and O–H groups in total. The Labute approximate surface area is 79.8 Å². The van der Waals surface area contributed by atoms with Crippen molar-refractivity contribution in [2.45, 2.75) is 19.0 Å². The Kier molecular flexibility index (Phi) is 4.87. The molecule has 8 heteroatoms. The SMILES string of the molecule is N#CCS(=O)(=O)NCCCC(F)(F)F. The van der Waals surface area contributed by atoms with Crippen molar-refractivity contribution >= 4 is 10.0 Å². The van der Waals surface area contributed by atoms with Crippen LogP contribution in [0.4, 0.5) is 13.2 Å². The van der Waals surface area contributed by atoms with Crippen molar-refractivity contribution < 1.29 is 21.6 Å². The predicted molar refractivity (Wildman–Crippen MR) is 42.7 cm³/mol. The van der Waals surface area contributed by atoms with Crippen molar-refractivity contribution in [3.8, 4) is 6.07 Å². The van der Waals surface area contributed by atoms with E-state index in [1.807, 2.05) is 4.72 Å². The van der Waals surface area contributed by atoms with Gasteiger partial charge in [-0.15, -0.1) is 0 Å². The van der Waals surface area contributed by atoms with Crippen LogP contribution in [0.2, 0.25) is 0 Å². The van der Waals surface area contributed by atoms with Gasteiger partial charge in [0.25, 0.3) is 0 Å². The fourth-order valence-corrected chi connectivity index (χ4v) is 1.38. The Bertz CT molecular complexity index is 304. The number of nitrogens with one attached hydrogen (secondary N) is 1. The van der Waals surface area contributed by atoms with Crippen molar-refractivity contribution in [2.75, 3.05) is 12.3 Å². The van der Waals surface area contributed by atoms with E-state index < -0.39 is 28.4 Å². The normalized spacial score (nSPS) is 12.4. The summed E-state index contributed by atoms with van der Waals surface area (Å²) in [5.41, 5.74) is 0. The number of nitriles is 1. The fourth-order valence-electron chi connectivity index (χ4n) is 0.653. The van der Waals surface area contributed by atoms with Gasteiger partial charge in [-0.25, -0.2) is 13.1 Å². The molecule has 0 fully saturated rings. The van der Waals surface area contributed by atoms with Crippen LogP contribution >= 0.6 is 0 Å². The number of hydrogen-bond donors (Lipinski definition) is 1. The molecule has 0 saturated carbocycles. The smallest absolute Gasteiger partial charge is 0.214 e. The largest absolute Gasteiger partial charge is 0.389 e. The standard InChI is InChI=1S/C6H9F3N2O2S/c7-6(8,9)2-1-4-11-14(12,13)5-3-10/h11H,1-2,4-5H2. The minimum Gasteiger partial charge on any atom is -0.214 e. The molecule has 4 nitrogen and oxygen atoms in total. The summed E-state index contributed by atoms with van der Waals surface area (Å²) in [5, 5.41) is 8.04. The molecular weight excluding hydrogens is 221 g/mol. The van der Waals surface area contributed by atoms with Gasteiger partial charge in [0.15, 0.2) is 5.75 Å². The summed E-state index contributed by atoms with van der Waals surface area (Å²) in [5.74, 6) is -0.737. The number of rotatable bonds is 5. The molecule has 0 aliphatic heterocycles. The Balaban J connectivity index is 3.72. The number of nitrogens with zero attached hydrogens (tertiary/aromatic N) is 1. The fraction of sp³-hybridized carbons (Fsp3) is 0.833. The van der Waals surface area contributed by atoms with Crippen molar-refractivity contribution in [3.05, 3.63) is 0 Å². The van der Waals surface area contributed by atoms with E-state index in [2.05, 4.69) is 0 Å². The number of sulfonamides is 1. The first-order valence-electron chi connectivity index (χ1n) is 3.68. The van der Waals surface area contributed by atoms with Crippen LogP contribution in [0, 0.1) is 11.3 Å². The van der Waals surface area contributed by atoms with Crippen LogP contribution in [0.15, 0.2) is 0 Å². The minimum atomic E-state index is -4.28. The molecule has 0 aromatic heterocycles. The van der Waals surface area contributed by atoms with Crippen LogP contribution in [0.25, 0.3) is 0 Å². The summed E-state index contributed by atoms with van der Waals surface area (Å²) in [6, 6.07) is 1.39. The molecule has 14 heavy (non-hydrogen) atoms. The van der Waals surface area contributed by atoms with E-state index in [9.17, 15) is 21.6 Å². The monoisotopic (exact) mass is 230 g/mol. The van der Waals surface area contributed by atoms with E-state index in [1.165, 1.54) is 6.07 Å². The van der Waals surface area contributed by atoms with Gasteiger partial charge in [-0.3, -0.25) is 0 Å². The zero-order valence-electron chi connectivity index (χ0n) is 7.13. The predicted octanol–water partition coefficient (Wildman–Crippen LogP) is 0.772. The summed E-state index contributed by atoms with van der Waals surface area (Å²) >= 11 is 0. The second kappa shape index (κ2) is 5.17. The van der Waals surface area contributed by atoms with E-state index in [1.54, 1.807) is 0 Å². The second-order valence-corrected chi connectivity index (χ2v) is 4.34. The van der Waals surface area contributed by atoms with Gasteiger partial charge in [0, 0.05) is 13.0 Å². The molecule has 0 aliphatic rings. The second-order valence-electron chi connectivity index (χ2n) is 2.53. The third-order valence-corrected chi connectivity index (χ3v) is 2.37. The molecule has 0 amide bonds. The molecule has 82 valence electrons. The minimum absolute atomic E-state index is 0.302. The Hall–Kier alpha value is -0.810. The average Bonchev–Trinajstić information content (AvgIpc) is 1.96. The maximum atomic E-state index is 11.6. The van der Waals surface area contributed by atoms with Crippen LogP contribution < -0.4 is 4.72 Å². The van der Waals surface area contributed by atoms with Gasteiger partial charge in [0.1, 0.15) is 0 Å². The van der Waals surface area contributed by atoms with Gasteiger partial charge in [-0.1, -0.05) is 0 Å². The lowest BCUT2D eigenvalue weighted by Gasteiger charge is -2.06. The highest BCUT2D eigenvalue weighted by atomic mass is 32.2. The molecule has 0 aromatic rings. The molecular formula is C6H9F3N2O2S. The van der Waals surface area contributed by atoms with Gasteiger partial charge in [0.2, 0.25) is 10.0 Å². The number of hydrogen-bond acceptors (Lipinski definition) is 3. The van der Waals surface area contributed by atoms with Gasteiger partial charge in [0.05, 0.1) is 6.07 Å². The highest BCUT2D eigenvalue weighted by Gasteiger charge is 2.26. The molecule has 0 rings (SSSR count). The van der Waals surface area contributed by atoms with Crippen molar-refractivity contribution in [1.82, 2.24) is 4.72 Å². The quantitative estimate of drug-likeness (QED) is 0.709. The molecule has 0 bridgehead atoms. The maximum Gasteiger partial charge on any atom is 0.389 e. The van der Waals surface area contributed by atoms with Gasteiger partial charge in [-0.05, 0) is 6.42 Å². The molecule has 0 heterocycles. The maximum absolute atomic E-state index is 11.6. The average molecular weight is 230 g/mol. The Morgan fingerprint density at radius 1 is 1.36 bits per heavy atom. The lowest BCUT2D eigenvalue weighted by molar-refractivity contribution is -0.135. The molecule has 0 radical (unpaired) electrons. The molecule has 0 spiro atoms. The summed E-state index contributed by atoms with van der Waals surface area (Å²) in [7, 11) is -3.73. The van der Waals surface area contributed by atoms with Gasteiger partial charge in [-0.2, -0.15) is 18.4 Å². The lowest BCUT2D eigenvalue weighted by Crippen LogP contribution is -2.27. The van der Waals surface area contributed by atoms with E-state index in [0.29, 0.717) is 0 Å². The third-order valence-electron chi connectivity index (χ3n) is 1.21. The number of alkyl halides is 3. The number of halogens is 3. The molecule has 0 aromatic carbocycles. The highest BCUT2D eigenvalue weighted by molar-refractivity contribution is 7.89. The molecule has 0 saturated heterocycles. The van der Waals surface area contributed by atoms with Crippen LogP contribution in [-0.2, 0) is 10.0 Å². The Morgan fingerprint density at radius 2 is 1.93 bits per heavy atom. The zero-order chi connectivity index (χ0) is 11.2. The lowest BCUT2D eigenvalue weighted by atomic mass is 10.3. The van der Waals surface area contributed by atoms with Crippen LogP contribution in [0.5, 0.6) is 0 Å². The molecule has 0 atom stereocenters. The zero-order valence-corrected chi connectivity index (χ0v) is 7.95. The van der Waals surface area contributed by atoms with E-state index in [0.717, 1.165) is 0 Å². The summed E-state index contributed by atoms with van der Waals surface area (Å²) in [6.07, 6.45) is -5.64. The first kappa shape index (κ1) is 13.2. The van der Waals surface area contributed by atoms with Crippen molar-refractivity contribution in [2.24, 2.45) is 0 Å². The Morgan fingerprint density at radius 3 is 2.36 bits per heavy atom. The van der Waals surface area contributed by atoms with E-state index >= 15 is 0 Å². The van der Waals surface area contributed by atoms with Crippen LogP contribution in [-0.4, -0.2) is 26.9 Å². The third kappa shape index (κ3) is 7.82. The summed E-state index contributed by atoms with van der Waals surface area (Å²) in [4.78, 5) is 0. The topological polar surface area (TPSA) is 70.0 Å². The van der Waals surface area contributed by atoms with Gasteiger partial charge < -0.3 is 0 Å².